The van der Waals surface area contributed by atoms with E-state index in [4.69, 9.17) is 15.2 Å². The Morgan fingerprint density at radius 3 is 2.70 bits per heavy atom. The fourth-order valence-corrected chi connectivity index (χ4v) is 4.45. The van der Waals surface area contributed by atoms with Crippen molar-refractivity contribution in [2.24, 2.45) is 5.73 Å². The van der Waals surface area contributed by atoms with E-state index in [0.717, 1.165) is 32.9 Å². The summed E-state index contributed by atoms with van der Waals surface area (Å²) >= 11 is 1.38. The molecule has 2 aromatic carbocycles. The van der Waals surface area contributed by atoms with Crippen LogP contribution in [0.3, 0.4) is 0 Å². The molecule has 0 fully saturated rings. The van der Waals surface area contributed by atoms with Crippen molar-refractivity contribution in [1.29, 1.82) is 0 Å². The highest BCUT2D eigenvalue weighted by atomic mass is 32.1. The molecule has 1 aromatic heterocycles. The Morgan fingerprint density at radius 1 is 1.23 bits per heavy atom. The molecule has 7 nitrogen and oxygen atoms in total. The number of carbonyl (C=O) groups is 2. The molecule has 4 rings (SSSR count). The summed E-state index contributed by atoms with van der Waals surface area (Å²) in [6, 6.07) is 13.5. The highest BCUT2D eigenvalue weighted by Crippen LogP contribution is 2.46. The van der Waals surface area contributed by atoms with Gasteiger partial charge in [0.15, 0.2) is 18.1 Å². The zero-order valence-corrected chi connectivity index (χ0v) is 17.4. The van der Waals surface area contributed by atoms with Crippen LogP contribution < -0.4 is 20.5 Å². The molecule has 0 bridgehead atoms. The second-order valence-electron chi connectivity index (χ2n) is 7.11. The van der Waals surface area contributed by atoms with Crippen molar-refractivity contribution in [2.45, 2.75) is 19.3 Å². The van der Waals surface area contributed by atoms with Gasteiger partial charge in [-0.2, -0.15) is 4.37 Å². The number of fused-ring (bicyclic) bond motifs is 1. The molecule has 3 aromatic rings. The number of nitrogens with zero attached hydrogens (tertiary/aromatic N) is 1. The van der Waals surface area contributed by atoms with Gasteiger partial charge in [0.1, 0.15) is 5.69 Å². The van der Waals surface area contributed by atoms with Gasteiger partial charge in [0, 0.05) is 17.9 Å². The van der Waals surface area contributed by atoms with Crippen molar-refractivity contribution in [1.82, 2.24) is 4.37 Å². The van der Waals surface area contributed by atoms with Crippen molar-refractivity contribution < 1.29 is 19.1 Å². The summed E-state index contributed by atoms with van der Waals surface area (Å²) in [4.78, 5) is 24.6. The van der Waals surface area contributed by atoms with E-state index in [1.54, 1.807) is 12.1 Å². The predicted octanol–water partition coefficient (Wildman–Crippen LogP) is 3.47. The Bertz CT molecular complexity index is 1110. The summed E-state index contributed by atoms with van der Waals surface area (Å²) in [5, 5.41) is 2.99. The van der Waals surface area contributed by atoms with Gasteiger partial charge in [0.2, 0.25) is 5.91 Å². The standard InChI is InChI=1S/C22H21N3O4S/c1-12-3-5-13(6-4-12)20-21-22(30-25-20)15(10-19(27)24-21)14-7-8-16(28-2)17(9-14)29-11-18(23)26/h3-9,15H,10-11H2,1-2H3,(H2,23,26)(H,24,27)/t15-/m1/s1. The molecule has 0 radical (unpaired) electrons. The highest BCUT2D eigenvalue weighted by Gasteiger charge is 2.32. The number of hydrogen-bond acceptors (Lipinski definition) is 6. The largest absolute Gasteiger partial charge is 0.493 e. The first kappa shape index (κ1) is 19.9. The van der Waals surface area contributed by atoms with Gasteiger partial charge in [-0.15, -0.1) is 0 Å². The fourth-order valence-electron chi connectivity index (χ4n) is 3.48. The van der Waals surface area contributed by atoms with Crippen LogP contribution in [0.5, 0.6) is 11.5 Å². The zero-order valence-electron chi connectivity index (χ0n) is 16.6. The van der Waals surface area contributed by atoms with Crippen LogP contribution in [0.15, 0.2) is 42.5 Å². The van der Waals surface area contributed by atoms with Gasteiger partial charge in [0.25, 0.3) is 5.91 Å². The lowest BCUT2D eigenvalue weighted by Crippen LogP contribution is -2.23. The Kier molecular flexibility index (Phi) is 5.41. The van der Waals surface area contributed by atoms with Gasteiger partial charge >= 0.3 is 0 Å². The van der Waals surface area contributed by atoms with Crippen molar-refractivity contribution in [2.75, 3.05) is 19.0 Å². The first-order chi connectivity index (χ1) is 14.5. The van der Waals surface area contributed by atoms with E-state index in [1.807, 2.05) is 37.3 Å². The molecule has 0 unspecified atom stereocenters. The number of nitrogens with one attached hydrogen (secondary N) is 1. The van der Waals surface area contributed by atoms with Crippen LogP contribution in [0.1, 0.15) is 28.3 Å². The molecule has 0 saturated carbocycles. The van der Waals surface area contributed by atoms with Crippen LogP contribution in [0.4, 0.5) is 5.69 Å². The van der Waals surface area contributed by atoms with E-state index in [2.05, 4.69) is 9.69 Å². The molecule has 1 aliphatic heterocycles. The van der Waals surface area contributed by atoms with Gasteiger partial charge in [-0.05, 0) is 36.2 Å². The predicted molar refractivity (Wildman–Crippen MR) is 115 cm³/mol. The minimum atomic E-state index is -0.577. The summed E-state index contributed by atoms with van der Waals surface area (Å²) in [5.41, 5.74) is 9.71. The number of aromatic nitrogens is 1. The van der Waals surface area contributed by atoms with Crippen LogP contribution >= 0.6 is 11.5 Å². The quantitative estimate of drug-likeness (QED) is 0.632. The molecule has 154 valence electrons. The van der Waals surface area contributed by atoms with Crippen molar-refractivity contribution >= 4 is 29.0 Å². The third-order valence-electron chi connectivity index (χ3n) is 4.97. The summed E-state index contributed by atoms with van der Waals surface area (Å²) in [6.45, 7) is 1.77. The number of methoxy groups -OCH3 is 1. The maximum absolute atomic E-state index is 12.5. The molecule has 1 atom stereocenters. The Balaban J connectivity index is 1.73. The topological polar surface area (TPSA) is 104 Å². The van der Waals surface area contributed by atoms with Gasteiger partial charge in [-0.25, -0.2) is 0 Å². The van der Waals surface area contributed by atoms with E-state index < -0.39 is 5.91 Å². The molecule has 1 aliphatic rings. The van der Waals surface area contributed by atoms with Crippen LogP contribution in [0, 0.1) is 6.92 Å². The minimum Gasteiger partial charge on any atom is -0.493 e. The molecule has 2 amide bonds. The van der Waals surface area contributed by atoms with Crippen LogP contribution in [-0.4, -0.2) is 29.9 Å². The molecule has 0 saturated heterocycles. The molecule has 0 aliphatic carbocycles. The number of primary amides is 1. The van der Waals surface area contributed by atoms with Crippen molar-refractivity contribution in [3.05, 3.63) is 58.5 Å². The number of aryl methyl sites for hydroxylation is 1. The average Bonchev–Trinajstić information content (AvgIpc) is 3.15. The highest BCUT2D eigenvalue weighted by molar-refractivity contribution is 7.07. The van der Waals surface area contributed by atoms with Crippen LogP contribution in [0.2, 0.25) is 0 Å². The summed E-state index contributed by atoms with van der Waals surface area (Å²) in [7, 11) is 1.52. The number of nitrogens with two attached hydrogens (primary N) is 1. The Labute approximate surface area is 178 Å². The number of carbonyl (C=O) groups excluding carboxylic acids is 2. The van der Waals surface area contributed by atoms with Gasteiger partial charge < -0.3 is 20.5 Å². The maximum atomic E-state index is 12.5. The Morgan fingerprint density at radius 2 is 2.00 bits per heavy atom. The van der Waals surface area contributed by atoms with E-state index in [0.29, 0.717) is 17.9 Å². The molecule has 3 N–H and O–H groups in total. The fraction of sp³-hybridized carbons (Fsp3) is 0.227. The summed E-state index contributed by atoms with van der Waals surface area (Å²) in [5.74, 6) is 0.0745. The molecular formula is C22H21N3O4S. The molecule has 2 heterocycles. The van der Waals surface area contributed by atoms with Gasteiger partial charge in [-0.1, -0.05) is 35.9 Å². The van der Waals surface area contributed by atoms with Gasteiger partial charge in [0.05, 0.1) is 17.7 Å². The normalized spacial score (nSPS) is 15.3. The Hall–Kier alpha value is -3.39. The third-order valence-corrected chi connectivity index (χ3v) is 5.93. The maximum Gasteiger partial charge on any atom is 0.255 e. The molecule has 0 spiro atoms. The molecular weight excluding hydrogens is 402 g/mol. The smallest absolute Gasteiger partial charge is 0.255 e. The number of benzene rings is 2. The summed E-state index contributed by atoms with van der Waals surface area (Å²) < 4.78 is 15.5. The lowest BCUT2D eigenvalue weighted by atomic mass is 9.89. The molecule has 8 heteroatoms. The lowest BCUT2D eigenvalue weighted by molar-refractivity contribution is -0.120. The van der Waals surface area contributed by atoms with Crippen LogP contribution in [-0.2, 0) is 9.59 Å². The van der Waals surface area contributed by atoms with Crippen molar-refractivity contribution in [3.63, 3.8) is 0 Å². The van der Waals surface area contributed by atoms with E-state index in [-0.39, 0.29) is 18.4 Å². The molecule has 30 heavy (non-hydrogen) atoms. The van der Waals surface area contributed by atoms with E-state index >= 15 is 0 Å². The minimum absolute atomic E-state index is 0.0727. The first-order valence-electron chi connectivity index (χ1n) is 9.41. The summed E-state index contributed by atoms with van der Waals surface area (Å²) in [6.07, 6.45) is 0.296. The number of amides is 2. The number of anilines is 1. The number of ether oxygens (including phenoxy) is 2. The SMILES string of the molecule is COc1ccc([C@H]2CC(=O)Nc3c(-c4ccc(C)cc4)nsc32)cc1OCC(N)=O. The number of hydrogen-bond donors (Lipinski definition) is 2. The van der Waals surface area contributed by atoms with E-state index in [9.17, 15) is 9.59 Å². The second-order valence-corrected chi connectivity index (χ2v) is 7.91. The zero-order chi connectivity index (χ0) is 21.3. The monoisotopic (exact) mass is 423 g/mol. The van der Waals surface area contributed by atoms with E-state index in [1.165, 1.54) is 18.6 Å². The van der Waals surface area contributed by atoms with Gasteiger partial charge in [-0.3, -0.25) is 9.59 Å². The lowest BCUT2D eigenvalue weighted by Gasteiger charge is -2.23. The number of rotatable bonds is 6. The van der Waals surface area contributed by atoms with Crippen LogP contribution in [0.25, 0.3) is 11.3 Å². The second kappa shape index (κ2) is 8.16. The average molecular weight is 423 g/mol. The first-order valence-corrected chi connectivity index (χ1v) is 10.2. The van der Waals surface area contributed by atoms with Crippen molar-refractivity contribution in [3.8, 4) is 22.8 Å². The third kappa shape index (κ3) is 3.86.